The highest BCUT2D eigenvalue weighted by Crippen LogP contribution is 2.40. The second-order valence-corrected chi connectivity index (χ2v) is 7.39. The molecule has 3 nitrogen and oxygen atoms in total. The molecule has 0 unspecified atom stereocenters. The molecule has 2 aromatic carbocycles. The van der Waals surface area contributed by atoms with Crippen LogP contribution in [0.5, 0.6) is 0 Å². The largest absolute Gasteiger partial charge is 0.476 e. The molecular formula is C16H8BrCl2NO2S. The SMILES string of the molecule is O=C(O)c1nc(-c2ccc(Cl)cc2Cl)c(-c2ccc(Br)cc2)s1. The highest BCUT2D eigenvalue weighted by Gasteiger charge is 2.20. The van der Waals surface area contributed by atoms with Crippen LogP contribution in [0.1, 0.15) is 9.80 Å². The van der Waals surface area contributed by atoms with Crippen molar-refractivity contribution in [3.63, 3.8) is 0 Å². The Morgan fingerprint density at radius 1 is 1.13 bits per heavy atom. The van der Waals surface area contributed by atoms with Gasteiger partial charge in [0, 0.05) is 15.1 Å². The van der Waals surface area contributed by atoms with E-state index in [-0.39, 0.29) is 5.01 Å². The van der Waals surface area contributed by atoms with Crippen LogP contribution in [-0.2, 0) is 0 Å². The summed E-state index contributed by atoms with van der Waals surface area (Å²) in [6.07, 6.45) is 0. The summed E-state index contributed by atoms with van der Waals surface area (Å²) in [6.45, 7) is 0. The minimum Gasteiger partial charge on any atom is -0.476 e. The molecular weight excluding hydrogens is 421 g/mol. The number of hydrogen-bond donors (Lipinski definition) is 1. The number of aromatic carboxylic acids is 1. The normalized spacial score (nSPS) is 10.7. The molecule has 1 N–H and O–H groups in total. The van der Waals surface area contributed by atoms with E-state index in [2.05, 4.69) is 20.9 Å². The first-order valence-electron chi connectivity index (χ1n) is 6.41. The number of halogens is 3. The van der Waals surface area contributed by atoms with Gasteiger partial charge in [-0.2, -0.15) is 0 Å². The maximum Gasteiger partial charge on any atom is 0.365 e. The van der Waals surface area contributed by atoms with Gasteiger partial charge in [-0.05, 0) is 35.9 Å². The third-order valence-electron chi connectivity index (χ3n) is 3.10. The molecule has 0 amide bonds. The summed E-state index contributed by atoms with van der Waals surface area (Å²) in [5, 5.41) is 10.2. The van der Waals surface area contributed by atoms with Crippen LogP contribution >= 0.6 is 50.5 Å². The Labute approximate surface area is 154 Å². The Hall–Kier alpha value is -1.40. The molecule has 1 heterocycles. The molecule has 1 aromatic heterocycles. The highest BCUT2D eigenvalue weighted by molar-refractivity contribution is 9.10. The molecule has 3 aromatic rings. The summed E-state index contributed by atoms with van der Waals surface area (Å²) in [6, 6.07) is 12.6. The van der Waals surface area contributed by atoms with Crippen molar-refractivity contribution in [3.05, 3.63) is 62.0 Å². The fraction of sp³-hybridized carbons (Fsp3) is 0. The maximum absolute atomic E-state index is 11.3. The van der Waals surface area contributed by atoms with Crippen molar-refractivity contribution in [2.24, 2.45) is 0 Å². The molecule has 0 aliphatic rings. The van der Waals surface area contributed by atoms with Gasteiger partial charge in [0.2, 0.25) is 5.01 Å². The number of benzene rings is 2. The Morgan fingerprint density at radius 3 is 2.43 bits per heavy atom. The maximum atomic E-state index is 11.3. The zero-order chi connectivity index (χ0) is 16.6. The lowest BCUT2D eigenvalue weighted by atomic mass is 10.1. The van der Waals surface area contributed by atoms with Crippen LogP contribution in [0, 0.1) is 0 Å². The molecule has 23 heavy (non-hydrogen) atoms. The molecule has 0 aliphatic carbocycles. The van der Waals surface area contributed by atoms with Gasteiger partial charge in [0.15, 0.2) is 0 Å². The van der Waals surface area contributed by atoms with Crippen molar-refractivity contribution in [3.8, 4) is 21.7 Å². The van der Waals surface area contributed by atoms with E-state index in [4.69, 9.17) is 23.2 Å². The van der Waals surface area contributed by atoms with Gasteiger partial charge in [-0.25, -0.2) is 9.78 Å². The van der Waals surface area contributed by atoms with Gasteiger partial charge in [-0.15, -0.1) is 11.3 Å². The monoisotopic (exact) mass is 427 g/mol. The lowest BCUT2D eigenvalue weighted by molar-refractivity contribution is 0.0696. The third-order valence-corrected chi connectivity index (χ3v) is 5.27. The van der Waals surface area contributed by atoms with Crippen molar-refractivity contribution in [2.45, 2.75) is 0 Å². The number of hydrogen-bond acceptors (Lipinski definition) is 3. The molecule has 0 atom stereocenters. The quantitative estimate of drug-likeness (QED) is 0.536. The smallest absolute Gasteiger partial charge is 0.365 e. The Balaban J connectivity index is 2.22. The fourth-order valence-electron chi connectivity index (χ4n) is 2.07. The zero-order valence-corrected chi connectivity index (χ0v) is 15.3. The van der Waals surface area contributed by atoms with Gasteiger partial charge in [-0.1, -0.05) is 51.3 Å². The van der Waals surface area contributed by atoms with Gasteiger partial charge >= 0.3 is 5.97 Å². The fourth-order valence-corrected chi connectivity index (χ4v) is 3.76. The summed E-state index contributed by atoms with van der Waals surface area (Å²) < 4.78 is 0.940. The average Bonchev–Trinajstić information content (AvgIpc) is 2.93. The number of thiazole rings is 1. The van der Waals surface area contributed by atoms with Gasteiger partial charge < -0.3 is 5.11 Å². The third kappa shape index (κ3) is 3.43. The number of carboxylic acids is 1. The van der Waals surface area contributed by atoms with E-state index < -0.39 is 5.97 Å². The number of carboxylic acid groups (broad SMARTS) is 1. The lowest BCUT2D eigenvalue weighted by Gasteiger charge is -2.05. The summed E-state index contributed by atoms with van der Waals surface area (Å²) in [5.74, 6) is -1.07. The number of nitrogens with zero attached hydrogens (tertiary/aromatic N) is 1. The van der Waals surface area contributed by atoms with E-state index >= 15 is 0 Å². The minimum atomic E-state index is -1.07. The lowest BCUT2D eigenvalue weighted by Crippen LogP contribution is -1.94. The summed E-state index contributed by atoms with van der Waals surface area (Å²) >= 11 is 16.7. The van der Waals surface area contributed by atoms with Crippen molar-refractivity contribution in [2.75, 3.05) is 0 Å². The van der Waals surface area contributed by atoms with E-state index in [0.717, 1.165) is 26.3 Å². The second-order valence-electron chi connectivity index (χ2n) is 4.63. The highest BCUT2D eigenvalue weighted by atomic mass is 79.9. The van der Waals surface area contributed by atoms with Crippen LogP contribution in [0.4, 0.5) is 0 Å². The van der Waals surface area contributed by atoms with Gasteiger partial charge in [-0.3, -0.25) is 0 Å². The molecule has 116 valence electrons. The Morgan fingerprint density at radius 2 is 1.83 bits per heavy atom. The molecule has 0 bridgehead atoms. The van der Waals surface area contributed by atoms with Crippen LogP contribution in [0.2, 0.25) is 10.0 Å². The first-order valence-corrected chi connectivity index (χ1v) is 8.77. The van der Waals surface area contributed by atoms with Gasteiger partial charge in [0.05, 0.1) is 15.6 Å². The van der Waals surface area contributed by atoms with E-state index in [1.165, 1.54) is 0 Å². The van der Waals surface area contributed by atoms with E-state index in [9.17, 15) is 9.90 Å². The molecule has 0 fully saturated rings. The van der Waals surface area contributed by atoms with Crippen molar-refractivity contribution < 1.29 is 9.90 Å². The molecule has 0 spiro atoms. The summed E-state index contributed by atoms with van der Waals surface area (Å²) in [4.78, 5) is 16.3. The van der Waals surface area contributed by atoms with Crippen LogP contribution in [0.25, 0.3) is 21.7 Å². The Bertz CT molecular complexity index is 894. The minimum absolute atomic E-state index is 0.0175. The molecule has 0 aliphatic heterocycles. The molecule has 0 radical (unpaired) electrons. The zero-order valence-electron chi connectivity index (χ0n) is 11.4. The van der Waals surface area contributed by atoms with Crippen molar-refractivity contribution in [1.29, 1.82) is 0 Å². The predicted molar refractivity (Wildman–Crippen MR) is 97.7 cm³/mol. The Kier molecular flexibility index (Phi) is 4.73. The van der Waals surface area contributed by atoms with E-state index in [0.29, 0.717) is 21.3 Å². The van der Waals surface area contributed by atoms with Crippen LogP contribution in [0.15, 0.2) is 46.9 Å². The van der Waals surface area contributed by atoms with Gasteiger partial charge in [0.25, 0.3) is 0 Å². The van der Waals surface area contributed by atoms with Crippen LogP contribution < -0.4 is 0 Å². The molecule has 7 heteroatoms. The average molecular weight is 429 g/mol. The first-order chi connectivity index (χ1) is 11.0. The van der Waals surface area contributed by atoms with E-state index in [1.54, 1.807) is 18.2 Å². The van der Waals surface area contributed by atoms with Crippen molar-refractivity contribution >= 4 is 56.4 Å². The molecule has 0 saturated heterocycles. The number of carbonyl (C=O) groups is 1. The van der Waals surface area contributed by atoms with E-state index in [1.807, 2.05) is 24.3 Å². The standard InChI is InChI=1S/C16H8BrCl2NO2S/c17-9-3-1-8(2-4-9)14-13(20-15(23-14)16(21)22)11-6-5-10(18)7-12(11)19/h1-7H,(H,21,22). The number of rotatable bonds is 3. The topological polar surface area (TPSA) is 50.2 Å². The predicted octanol–water partition coefficient (Wildman–Crippen LogP) is 6.24. The van der Waals surface area contributed by atoms with Gasteiger partial charge in [0.1, 0.15) is 0 Å². The second kappa shape index (κ2) is 6.61. The van der Waals surface area contributed by atoms with Crippen LogP contribution in [-0.4, -0.2) is 16.1 Å². The first kappa shape index (κ1) is 16.5. The summed E-state index contributed by atoms with van der Waals surface area (Å²) in [7, 11) is 0. The summed E-state index contributed by atoms with van der Waals surface area (Å²) in [5.41, 5.74) is 2.06. The molecule has 0 saturated carbocycles. The van der Waals surface area contributed by atoms with Crippen molar-refractivity contribution in [1.82, 2.24) is 4.98 Å². The van der Waals surface area contributed by atoms with Crippen LogP contribution in [0.3, 0.4) is 0 Å². The molecule has 3 rings (SSSR count). The number of aromatic nitrogens is 1.